The maximum atomic E-state index is 13.5. The van der Waals surface area contributed by atoms with Crippen molar-refractivity contribution in [3.05, 3.63) is 39.8 Å². The van der Waals surface area contributed by atoms with Gasteiger partial charge in [0.2, 0.25) is 5.88 Å². The molecule has 0 radical (unpaired) electrons. The standard InChI is InChI=1S/C22H32N2O4S2/c1-9-24(23-8)21(28-30(26,27)10-2)16(5)19(25)17-13-14(3)20-18(15(17)4)22(6,7)11-12-29-20/h13H,8-12H2,1-7H3/b21-16-. The lowest BCUT2D eigenvalue weighted by atomic mass is 9.77. The Morgan fingerprint density at radius 1 is 1.33 bits per heavy atom. The first-order chi connectivity index (χ1) is 13.9. The van der Waals surface area contributed by atoms with Crippen LogP contribution in [0.2, 0.25) is 0 Å². The molecule has 0 atom stereocenters. The summed E-state index contributed by atoms with van der Waals surface area (Å²) in [5.41, 5.74) is 3.91. The van der Waals surface area contributed by atoms with E-state index in [4.69, 9.17) is 4.18 Å². The second-order valence-electron chi connectivity index (χ2n) is 8.10. The molecule has 0 amide bonds. The molecule has 0 spiro atoms. The summed E-state index contributed by atoms with van der Waals surface area (Å²) in [5, 5.41) is 5.13. The Morgan fingerprint density at radius 3 is 2.50 bits per heavy atom. The molecule has 0 unspecified atom stereocenters. The second kappa shape index (κ2) is 9.14. The van der Waals surface area contributed by atoms with E-state index in [1.54, 1.807) is 13.8 Å². The van der Waals surface area contributed by atoms with Gasteiger partial charge >= 0.3 is 10.1 Å². The third-order valence-corrected chi connectivity index (χ3v) is 7.89. The molecule has 1 aromatic carbocycles. The first-order valence-electron chi connectivity index (χ1n) is 10.1. The molecule has 0 saturated carbocycles. The average molecular weight is 453 g/mol. The van der Waals surface area contributed by atoms with Crippen molar-refractivity contribution in [2.75, 3.05) is 18.1 Å². The summed E-state index contributed by atoms with van der Waals surface area (Å²) in [6.07, 6.45) is 1.03. The van der Waals surface area contributed by atoms with Gasteiger partial charge in [-0.05, 0) is 75.0 Å². The van der Waals surface area contributed by atoms with E-state index in [9.17, 15) is 13.2 Å². The summed E-state index contributed by atoms with van der Waals surface area (Å²) < 4.78 is 29.6. The molecule has 8 heteroatoms. The highest BCUT2D eigenvalue weighted by Crippen LogP contribution is 2.46. The molecule has 2 rings (SSSR count). The van der Waals surface area contributed by atoms with Gasteiger partial charge in [-0.25, -0.2) is 5.01 Å². The van der Waals surface area contributed by atoms with Gasteiger partial charge in [-0.15, -0.1) is 11.8 Å². The number of hydrogen-bond donors (Lipinski definition) is 0. The lowest BCUT2D eigenvalue weighted by Gasteiger charge is -2.35. The maximum absolute atomic E-state index is 13.5. The molecular weight excluding hydrogens is 420 g/mol. The monoisotopic (exact) mass is 452 g/mol. The van der Waals surface area contributed by atoms with Gasteiger partial charge in [0.05, 0.1) is 11.3 Å². The minimum atomic E-state index is -3.84. The number of fused-ring (bicyclic) bond motifs is 1. The second-order valence-corrected chi connectivity index (χ2v) is 11.1. The molecule has 1 aliphatic rings. The number of hydrogen-bond acceptors (Lipinski definition) is 7. The number of carbonyl (C=O) groups excluding carboxylic acids is 1. The van der Waals surface area contributed by atoms with Crippen LogP contribution in [0.5, 0.6) is 0 Å². The third-order valence-electron chi connectivity index (χ3n) is 5.55. The topological polar surface area (TPSA) is 76.0 Å². The Bertz CT molecular complexity index is 995. The van der Waals surface area contributed by atoms with Crippen LogP contribution in [-0.2, 0) is 19.7 Å². The highest BCUT2D eigenvalue weighted by atomic mass is 32.2. The van der Waals surface area contributed by atoms with Crippen LogP contribution in [0.4, 0.5) is 0 Å². The summed E-state index contributed by atoms with van der Waals surface area (Å²) >= 11 is 1.83. The fraction of sp³-hybridized carbons (Fsp3) is 0.545. The van der Waals surface area contributed by atoms with Gasteiger partial charge in [-0.1, -0.05) is 13.8 Å². The zero-order valence-electron chi connectivity index (χ0n) is 19.0. The Kier molecular flexibility index (Phi) is 7.45. The number of rotatable bonds is 8. The minimum Gasteiger partial charge on any atom is -0.362 e. The quantitative estimate of drug-likeness (QED) is 0.141. The molecule has 1 heterocycles. The first kappa shape index (κ1) is 24.5. The molecule has 1 aromatic rings. The van der Waals surface area contributed by atoms with E-state index >= 15 is 0 Å². The van der Waals surface area contributed by atoms with Gasteiger partial charge < -0.3 is 4.18 Å². The van der Waals surface area contributed by atoms with Crippen molar-refractivity contribution in [3.8, 4) is 0 Å². The highest BCUT2D eigenvalue weighted by molar-refractivity contribution is 7.99. The van der Waals surface area contributed by atoms with Crippen LogP contribution >= 0.6 is 11.8 Å². The van der Waals surface area contributed by atoms with Crippen LogP contribution in [-0.4, -0.2) is 44.0 Å². The summed E-state index contributed by atoms with van der Waals surface area (Å²) in [4.78, 5) is 14.8. The predicted octanol–water partition coefficient (Wildman–Crippen LogP) is 4.79. The van der Waals surface area contributed by atoms with Gasteiger partial charge in [0, 0.05) is 23.7 Å². The van der Waals surface area contributed by atoms with Crippen molar-refractivity contribution >= 4 is 34.4 Å². The van der Waals surface area contributed by atoms with Crippen molar-refractivity contribution in [1.82, 2.24) is 5.01 Å². The number of carbonyl (C=O) groups is 1. The van der Waals surface area contributed by atoms with Crippen LogP contribution in [0.3, 0.4) is 0 Å². The summed E-state index contributed by atoms with van der Waals surface area (Å²) in [7, 11) is -3.84. The predicted molar refractivity (Wildman–Crippen MR) is 124 cm³/mol. The van der Waals surface area contributed by atoms with Gasteiger partial charge in [0.15, 0.2) is 5.78 Å². The minimum absolute atomic E-state index is 0.0354. The molecular formula is C22H32N2O4S2. The Hall–Kier alpha value is -1.80. The van der Waals surface area contributed by atoms with Crippen LogP contribution in [0.25, 0.3) is 0 Å². The largest absolute Gasteiger partial charge is 0.362 e. The lowest BCUT2D eigenvalue weighted by Crippen LogP contribution is -2.27. The zero-order chi connectivity index (χ0) is 22.9. The molecule has 1 aliphatic heterocycles. The average Bonchev–Trinajstić information content (AvgIpc) is 2.68. The Labute approximate surface area is 184 Å². The number of benzene rings is 1. The first-order valence-corrected chi connectivity index (χ1v) is 12.7. The van der Waals surface area contributed by atoms with Crippen molar-refractivity contribution in [1.29, 1.82) is 0 Å². The molecule has 6 nitrogen and oxygen atoms in total. The fourth-order valence-electron chi connectivity index (χ4n) is 3.75. The van der Waals surface area contributed by atoms with E-state index in [0.29, 0.717) is 12.1 Å². The van der Waals surface area contributed by atoms with E-state index in [-0.39, 0.29) is 28.4 Å². The van der Waals surface area contributed by atoms with Crippen molar-refractivity contribution in [2.24, 2.45) is 5.10 Å². The normalized spacial score (nSPS) is 16.4. The molecule has 0 aliphatic carbocycles. The van der Waals surface area contributed by atoms with Gasteiger partial charge in [-0.2, -0.15) is 13.5 Å². The molecule has 0 aromatic heterocycles. The van der Waals surface area contributed by atoms with Crippen LogP contribution < -0.4 is 0 Å². The van der Waals surface area contributed by atoms with E-state index in [0.717, 1.165) is 23.3 Å². The lowest BCUT2D eigenvalue weighted by molar-refractivity contribution is 0.102. The maximum Gasteiger partial charge on any atom is 0.310 e. The highest BCUT2D eigenvalue weighted by Gasteiger charge is 2.33. The SMILES string of the molecule is C=NN(CC)/C(OS(=O)(=O)CC)=C(\C)C(=O)c1cc(C)c2c(c1C)C(C)(C)CCS2. The summed E-state index contributed by atoms with van der Waals surface area (Å²) in [5.74, 6) is 0.473. The van der Waals surface area contributed by atoms with Gasteiger partial charge in [0.1, 0.15) is 0 Å². The number of nitrogens with zero attached hydrogens (tertiary/aromatic N) is 2. The number of thioether (sulfide) groups is 1. The number of hydrazone groups is 1. The molecule has 0 bridgehead atoms. The number of Topliss-reactive ketones (excluding diaryl/α,β-unsaturated/α-hetero) is 1. The Balaban J connectivity index is 2.70. The molecule has 0 N–H and O–H groups in total. The van der Waals surface area contributed by atoms with Crippen LogP contribution in [0.1, 0.15) is 68.1 Å². The van der Waals surface area contributed by atoms with Crippen molar-refractivity contribution < 1.29 is 17.4 Å². The molecule has 0 saturated heterocycles. The molecule has 166 valence electrons. The van der Waals surface area contributed by atoms with E-state index < -0.39 is 10.1 Å². The van der Waals surface area contributed by atoms with E-state index in [1.165, 1.54) is 22.4 Å². The number of aryl methyl sites for hydroxylation is 1. The molecule has 0 fully saturated rings. The number of ketones is 1. The summed E-state index contributed by atoms with van der Waals surface area (Å²) in [6.45, 7) is 17.0. The van der Waals surface area contributed by atoms with Gasteiger partial charge in [0.25, 0.3) is 0 Å². The number of allylic oxidation sites excluding steroid dienone is 1. The fourth-order valence-corrected chi connectivity index (χ4v) is 5.99. The van der Waals surface area contributed by atoms with Crippen molar-refractivity contribution in [2.45, 2.75) is 65.2 Å². The van der Waals surface area contributed by atoms with Gasteiger partial charge in [-0.3, -0.25) is 4.79 Å². The van der Waals surface area contributed by atoms with Crippen LogP contribution in [0, 0.1) is 13.8 Å². The zero-order valence-corrected chi connectivity index (χ0v) is 20.6. The smallest absolute Gasteiger partial charge is 0.310 e. The third kappa shape index (κ3) is 4.75. The van der Waals surface area contributed by atoms with Crippen molar-refractivity contribution in [3.63, 3.8) is 0 Å². The molecule has 30 heavy (non-hydrogen) atoms. The van der Waals surface area contributed by atoms with E-state index in [1.807, 2.05) is 31.7 Å². The summed E-state index contributed by atoms with van der Waals surface area (Å²) in [6, 6.07) is 1.90. The Morgan fingerprint density at radius 2 is 1.97 bits per heavy atom. The van der Waals surface area contributed by atoms with E-state index in [2.05, 4.69) is 25.7 Å². The van der Waals surface area contributed by atoms with Crippen LogP contribution in [0.15, 0.2) is 27.5 Å².